The van der Waals surface area contributed by atoms with Gasteiger partial charge in [0.25, 0.3) is 0 Å². The van der Waals surface area contributed by atoms with Crippen molar-refractivity contribution in [2.75, 3.05) is 0 Å². The fourth-order valence-corrected chi connectivity index (χ4v) is 5.56. The first-order valence-corrected chi connectivity index (χ1v) is 9.49. The molecular weight excluding hydrogens is 368 g/mol. The van der Waals surface area contributed by atoms with Crippen molar-refractivity contribution >= 4 is 29.6 Å². The first-order valence-electron chi connectivity index (χ1n) is 8.67. The summed E-state index contributed by atoms with van der Waals surface area (Å²) in [6.07, 6.45) is -0.847. The van der Waals surface area contributed by atoms with Gasteiger partial charge in [0.15, 0.2) is 6.04 Å². The highest BCUT2D eigenvalue weighted by Crippen LogP contribution is 2.56. The molecule has 1 amide bonds. The van der Waals surface area contributed by atoms with E-state index in [1.165, 1.54) is 0 Å². The maximum Gasteiger partial charge on any atom is 0.333 e. The Kier molecular flexibility index (Phi) is 6.21. The Bertz CT molecular complexity index is 706. The summed E-state index contributed by atoms with van der Waals surface area (Å²) in [5.41, 5.74) is 6.16. The van der Waals surface area contributed by atoms with Gasteiger partial charge >= 0.3 is 11.9 Å². The van der Waals surface area contributed by atoms with Gasteiger partial charge in [-0.05, 0) is 33.3 Å². The molecule has 1 aliphatic heterocycles. The molecule has 2 atom stereocenters. The second-order valence-electron chi connectivity index (χ2n) is 7.68. The predicted octanol–water partition coefficient (Wildman–Crippen LogP) is 1.86. The van der Waals surface area contributed by atoms with Crippen LogP contribution in [0.5, 0.6) is 0 Å². The maximum absolute atomic E-state index is 12.9. The molecule has 7 nitrogen and oxygen atoms in total. The van der Waals surface area contributed by atoms with Crippen molar-refractivity contribution in [3.63, 3.8) is 0 Å². The number of carbonyl (C=O) groups is 3. The Morgan fingerprint density at radius 3 is 2.22 bits per heavy atom. The molecule has 0 saturated carbocycles. The molecule has 148 valence electrons. The molecule has 2 rings (SSSR count). The van der Waals surface area contributed by atoms with Crippen molar-refractivity contribution in [1.29, 1.82) is 0 Å². The van der Waals surface area contributed by atoms with Gasteiger partial charge in [-0.1, -0.05) is 30.3 Å². The SMILES string of the molecule is CC1(C)SC(C)(C)C1OC(=O)[C@H](NC(=O)[C@@H](N)CC(=O)O)c1ccccc1. The van der Waals surface area contributed by atoms with E-state index >= 15 is 0 Å². The normalized spacial score (nSPS) is 20.0. The first-order chi connectivity index (χ1) is 12.4. The number of rotatable bonds is 7. The number of nitrogens with two attached hydrogens (primary N) is 1. The summed E-state index contributed by atoms with van der Waals surface area (Å²) in [4.78, 5) is 36.0. The molecule has 27 heavy (non-hydrogen) atoms. The fraction of sp³-hybridized carbons (Fsp3) is 0.526. The number of hydrogen-bond donors (Lipinski definition) is 3. The van der Waals surface area contributed by atoms with Crippen LogP contribution in [0.4, 0.5) is 0 Å². The lowest BCUT2D eigenvalue weighted by Crippen LogP contribution is -2.61. The minimum Gasteiger partial charge on any atom is -0.481 e. The molecule has 0 bridgehead atoms. The Hall–Kier alpha value is -2.06. The van der Waals surface area contributed by atoms with Gasteiger partial charge in [-0.25, -0.2) is 4.79 Å². The molecule has 1 aliphatic rings. The van der Waals surface area contributed by atoms with E-state index in [2.05, 4.69) is 5.32 Å². The standard InChI is InChI=1S/C19H26N2O5S/c1-18(2)17(19(3,4)27-18)26-16(25)14(11-8-6-5-7-9-11)21-15(24)12(20)10-13(22)23/h5-9,12,14,17H,10,20H2,1-4H3,(H,21,24)(H,22,23)/t12-,14+/m0/s1. The average Bonchev–Trinajstić information content (AvgIpc) is 2.56. The summed E-state index contributed by atoms with van der Waals surface area (Å²) in [6.45, 7) is 8.00. The van der Waals surface area contributed by atoms with Crippen LogP contribution in [0.25, 0.3) is 0 Å². The second kappa shape index (κ2) is 7.90. The third-order valence-corrected chi connectivity index (χ3v) is 5.89. The Labute approximate surface area is 163 Å². The van der Waals surface area contributed by atoms with Crippen LogP contribution in [0, 0.1) is 0 Å². The third kappa shape index (κ3) is 5.01. The maximum atomic E-state index is 12.9. The number of thioether (sulfide) groups is 1. The van der Waals surface area contributed by atoms with E-state index in [0.29, 0.717) is 5.56 Å². The highest BCUT2D eigenvalue weighted by molar-refractivity contribution is 8.03. The Balaban J connectivity index is 2.19. The molecule has 8 heteroatoms. The van der Waals surface area contributed by atoms with Gasteiger partial charge in [0.1, 0.15) is 6.10 Å². The zero-order valence-corrected chi connectivity index (χ0v) is 16.7. The molecule has 1 saturated heterocycles. The summed E-state index contributed by atoms with van der Waals surface area (Å²) in [5, 5.41) is 11.4. The quantitative estimate of drug-likeness (QED) is 0.604. The van der Waals surface area contributed by atoms with E-state index < -0.39 is 36.4 Å². The summed E-state index contributed by atoms with van der Waals surface area (Å²) in [7, 11) is 0. The number of ether oxygens (including phenoxy) is 1. The molecule has 1 heterocycles. The number of hydrogen-bond acceptors (Lipinski definition) is 6. The van der Waals surface area contributed by atoms with Gasteiger partial charge in [0, 0.05) is 9.49 Å². The minimum absolute atomic E-state index is 0.232. The summed E-state index contributed by atoms with van der Waals surface area (Å²) < 4.78 is 5.30. The number of aliphatic carboxylic acids is 1. The third-order valence-electron chi connectivity index (χ3n) is 4.41. The van der Waals surface area contributed by atoms with Gasteiger partial charge in [-0.3, -0.25) is 9.59 Å². The van der Waals surface area contributed by atoms with E-state index in [-0.39, 0.29) is 15.6 Å². The number of carboxylic acids is 1. The van der Waals surface area contributed by atoms with Crippen LogP contribution in [0.15, 0.2) is 30.3 Å². The van der Waals surface area contributed by atoms with Crippen LogP contribution >= 0.6 is 11.8 Å². The van der Waals surface area contributed by atoms with Gasteiger partial charge in [-0.2, -0.15) is 0 Å². The molecule has 1 fully saturated rings. The lowest BCUT2D eigenvalue weighted by Gasteiger charge is -2.55. The van der Waals surface area contributed by atoms with Crippen LogP contribution in [-0.4, -0.2) is 44.6 Å². The average molecular weight is 394 g/mol. The second-order valence-corrected chi connectivity index (χ2v) is 9.99. The molecule has 1 aromatic carbocycles. The van der Waals surface area contributed by atoms with Crippen molar-refractivity contribution in [2.45, 2.75) is 61.8 Å². The fourth-order valence-electron chi connectivity index (χ4n) is 3.49. The van der Waals surface area contributed by atoms with Crippen molar-refractivity contribution in [1.82, 2.24) is 5.32 Å². The van der Waals surface area contributed by atoms with Crippen LogP contribution in [0.1, 0.15) is 45.7 Å². The predicted molar refractivity (Wildman–Crippen MR) is 103 cm³/mol. The van der Waals surface area contributed by atoms with E-state index in [9.17, 15) is 14.4 Å². The number of carboxylic acid groups (broad SMARTS) is 1. The van der Waals surface area contributed by atoms with E-state index in [1.807, 2.05) is 27.7 Å². The number of nitrogens with one attached hydrogen (secondary N) is 1. The summed E-state index contributed by atoms with van der Waals surface area (Å²) in [5.74, 6) is -2.50. The van der Waals surface area contributed by atoms with Gasteiger partial charge in [0.05, 0.1) is 12.5 Å². The zero-order chi connectivity index (χ0) is 20.4. The highest BCUT2D eigenvalue weighted by Gasteiger charge is 2.57. The largest absolute Gasteiger partial charge is 0.481 e. The minimum atomic E-state index is -1.26. The summed E-state index contributed by atoms with van der Waals surface area (Å²) in [6, 6.07) is 6.35. The van der Waals surface area contributed by atoms with Gasteiger partial charge in [0.2, 0.25) is 5.91 Å². The number of carbonyl (C=O) groups excluding carboxylic acids is 2. The smallest absolute Gasteiger partial charge is 0.333 e. The van der Waals surface area contributed by atoms with Gasteiger partial charge < -0.3 is 20.9 Å². The van der Waals surface area contributed by atoms with Crippen LogP contribution in [0.3, 0.4) is 0 Å². The summed E-state index contributed by atoms with van der Waals surface area (Å²) >= 11 is 1.72. The van der Waals surface area contributed by atoms with E-state index in [4.69, 9.17) is 15.6 Å². The van der Waals surface area contributed by atoms with Crippen molar-refractivity contribution < 1.29 is 24.2 Å². The van der Waals surface area contributed by atoms with Crippen molar-refractivity contribution in [3.8, 4) is 0 Å². The Morgan fingerprint density at radius 1 is 1.19 bits per heavy atom. The number of benzene rings is 1. The molecule has 0 unspecified atom stereocenters. The molecule has 0 aromatic heterocycles. The van der Waals surface area contributed by atoms with Crippen molar-refractivity contribution in [2.24, 2.45) is 5.73 Å². The monoisotopic (exact) mass is 394 g/mol. The lowest BCUT2D eigenvalue weighted by molar-refractivity contribution is -0.157. The zero-order valence-electron chi connectivity index (χ0n) is 15.9. The van der Waals surface area contributed by atoms with Crippen LogP contribution < -0.4 is 11.1 Å². The first kappa shape index (κ1) is 21.2. The molecule has 0 radical (unpaired) electrons. The van der Waals surface area contributed by atoms with E-state index in [0.717, 1.165) is 0 Å². The molecule has 4 N–H and O–H groups in total. The number of esters is 1. The molecule has 0 spiro atoms. The van der Waals surface area contributed by atoms with E-state index in [1.54, 1.807) is 42.1 Å². The molecule has 1 aromatic rings. The molecular formula is C19H26N2O5S. The lowest BCUT2D eigenvalue weighted by atomic mass is 9.92. The van der Waals surface area contributed by atoms with Crippen LogP contribution in [0.2, 0.25) is 0 Å². The topological polar surface area (TPSA) is 119 Å². The van der Waals surface area contributed by atoms with Crippen molar-refractivity contribution in [3.05, 3.63) is 35.9 Å². The van der Waals surface area contributed by atoms with Gasteiger partial charge in [-0.15, -0.1) is 11.8 Å². The number of amides is 1. The highest BCUT2D eigenvalue weighted by atomic mass is 32.2. The molecule has 0 aliphatic carbocycles. The Morgan fingerprint density at radius 2 is 1.74 bits per heavy atom. The van der Waals surface area contributed by atoms with Crippen LogP contribution in [-0.2, 0) is 19.1 Å².